The van der Waals surface area contributed by atoms with E-state index in [1.54, 1.807) is 18.2 Å². The van der Waals surface area contributed by atoms with Crippen LogP contribution in [0.1, 0.15) is 29.6 Å². The van der Waals surface area contributed by atoms with Crippen LogP contribution in [0, 0.1) is 5.92 Å². The first-order chi connectivity index (χ1) is 10.1. The van der Waals surface area contributed by atoms with Gasteiger partial charge in [-0.2, -0.15) is 0 Å². The molecule has 0 aliphatic carbocycles. The second kappa shape index (κ2) is 5.85. The van der Waals surface area contributed by atoms with Crippen LogP contribution in [0.15, 0.2) is 18.2 Å². The zero-order valence-electron chi connectivity index (χ0n) is 12.4. The Morgan fingerprint density at radius 2 is 2.14 bits per heavy atom. The third kappa shape index (κ3) is 2.87. The molecule has 5 heteroatoms. The van der Waals surface area contributed by atoms with Gasteiger partial charge in [0.05, 0.1) is 5.56 Å². The van der Waals surface area contributed by atoms with Gasteiger partial charge in [-0.25, -0.2) is 0 Å². The summed E-state index contributed by atoms with van der Waals surface area (Å²) in [7, 11) is 2.20. The zero-order chi connectivity index (χ0) is 15.0. The number of nitrogen functional groups attached to an aromatic ring is 1. The monoisotopic (exact) mass is 307 g/mol. The van der Waals surface area contributed by atoms with Crippen LogP contribution in [0.2, 0.25) is 5.02 Å². The number of hydrogen-bond donors (Lipinski definition) is 1. The zero-order valence-corrected chi connectivity index (χ0v) is 13.1. The maximum atomic E-state index is 12.7. The van der Waals surface area contributed by atoms with Crippen LogP contribution in [0.3, 0.4) is 0 Å². The van der Waals surface area contributed by atoms with Crippen molar-refractivity contribution in [2.24, 2.45) is 5.92 Å². The highest BCUT2D eigenvalue weighted by molar-refractivity contribution is 6.31. The number of carbonyl (C=O) groups is 1. The fourth-order valence-electron chi connectivity index (χ4n) is 3.74. The van der Waals surface area contributed by atoms with Crippen LogP contribution in [0.5, 0.6) is 0 Å². The third-order valence-electron chi connectivity index (χ3n) is 4.88. The van der Waals surface area contributed by atoms with Gasteiger partial charge in [-0.3, -0.25) is 4.79 Å². The maximum absolute atomic E-state index is 12.7. The van der Waals surface area contributed by atoms with Crippen LogP contribution in [0.25, 0.3) is 0 Å². The van der Waals surface area contributed by atoms with E-state index in [1.807, 2.05) is 4.90 Å². The normalized spacial score (nSPS) is 26.5. The molecule has 2 N–H and O–H groups in total. The van der Waals surface area contributed by atoms with Crippen molar-refractivity contribution >= 4 is 23.2 Å². The molecule has 0 spiro atoms. The molecule has 2 atom stereocenters. The molecular weight excluding hydrogens is 286 g/mol. The van der Waals surface area contributed by atoms with Gasteiger partial charge in [0.1, 0.15) is 0 Å². The van der Waals surface area contributed by atoms with E-state index < -0.39 is 0 Å². The summed E-state index contributed by atoms with van der Waals surface area (Å²) in [5, 5.41) is 0.566. The largest absolute Gasteiger partial charge is 0.398 e. The van der Waals surface area contributed by atoms with Crippen molar-refractivity contribution in [2.75, 3.05) is 32.4 Å². The summed E-state index contributed by atoms with van der Waals surface area (Å²) < 4.78 is 0. The average Bonchev–Trinajstić information content (AvgIpc) is 2.46. The molecule has 2 heterocycles. The number of fused-ring (bicyclic) bond motifs is 1. The molecule has 21 heavy (non-hydrogen) atoms. The van der Waals surface area contributed by atoms with Gasteiger partial charge in [-0.15, -0.1) is 0 Å². The molecule has 0 bridgehead atoms. The molecule has 1 aromatic carbocycles. The minimum Gasteiger partial charge on any atom is -0.398 e. The molecule has 1 amide bonds. The van der Waals surface area contributed by atoms with Crippen molar-refractivity contribution in [1.82, 2.24) is 9.80 Å². The van der Waals surface area contributed by atoms with E-state index in [4.69, 9.17) is 17.3 Å². The second-order valence-electron chi connectivity index (χ2n) is 6.22. The van der Waals surface area contributed by atoms with Crippen molar-refractivity contribution < 1.29 is 4.79 Å². The van der Waals surface area contributed by atoms with Gasteiger partial charge in [-0.1, -0.05) is 11.6 Å². The Bertz CT molecular complexity index is 548. The molecule has 2 aliphatic heterocycles. The number of rotatable bonds is 1. The number of amides is 1. The van der Waals surface area contributed by atoms with Crippen molar-refractivity contribution in [3.05, 3.63) is 28.8 Å². The lowest BCUT2D eigenvalue weighted by molar-refractivity contribution is 0.0317. The molecule has 2 aliphatic rings. The number of nitrogens with zero attached hydrogens (tertiary/aromatic N) is 2. The highest BCUT2D eigenvalue weighted by Gasteiger charge is 2.36. The molecule has 2 unspecified atom stereocenters. The van der Waals surface area contributed by atoms with E-state index in [0.717, 1.165) is 19.5 Å². The second-order valence-corrected chi connectivity index (χ2v) is 6.66. The van der Waals surface area contributed by atoms with Crippen LogP contribution in [-0.4, -0.2) is 48.4 Å². The van der Waals surface area contributed by atoms with Crippen molar-refractivity contribution in [3.63, 3.8) is 0 Å². The van der Waals surface area contributed by atoms with Gasteiger partial charge in [0.25, 0.3) is 5.91 Å². The summed E-state index contributed by atoms with van der Waals surface area (Å²) in [6.07, 6.45) is 3.50. The fourth-order valence-corrected chi connectivity index (χ4v) is 3.92. The number of hydrogen-bond acceptors (Lipinski definition) is 3. The topological polar surface area (TPSA) is 49.6 Å². The van der Waals surface area contributed by atoms with Gasteiger partial charge in [0, 0.05) is 29.8 Å². The van der Waals surface area contributed by atoms with Gasteiger partial charge in [0.2, 0.25) is 0 Å². The summed E-state index contributed by atoms with van der Waals surface area (Å²) in [5.41, 5.74) is 6.98. The van der Waals surface area contributed by atoms with Crippen molar-refractivity contribution in [3.8, 4) is 0 Å². The third-order valence-corrected chi connectivity index (χ3v) is 5.11. The fraction of sp³-hybridized carbons (Fsp3) is 0.562. The minimum atomic E-state index is 0.0378. The van der Waals surface area contributed by atoms with E-state index in [-0.39, 0.29) is 5.91 Å². The van der Waals surface area contributed by atoms with Gasteiger partial charge >= 0.3 is 0 Å². The summed E-state index contributed by atoms with van der Waals surface area (Å²) in [6, 6.07) is 5.74. The summed E-state index contributed by atoms with van der Waals surface area (Å²) in [4.78, 5) is 17.1. The van der Waals surface area contributed by atoms with Crippen LogP contribution < -0.4 is 5.73 Å². The van der Waals surface area contributed by atoms with E-state index in [9.17, 15) is 4.79 Å². The number of likely N-dealkylation sites (tertiary alicyclic amines) is 2. The standard InChI is InChI=1S/C16H22ClN3O/c1-19-7-2-3-11-10-20(8-6-15(11)19)16(21)13-5-4-12(17)9-14(13)18/h4-5,9,11,15H,2-3,6-8,10,18H2,1H3. The Kier molecular flexibility index (Phi) is 4.09. The number of anilines is 1. The predicted molar refractivity (Wildman–Crippen MR) is 85.5 cm³/mol. The van der Waals surface area contributed by atoms with E-state index in [1.165, 1.54) is 19.4 Å². The molecule has 3 rings (SSSR count). The molecule has 0 aromatic heterocycles. The Morgan fingerprint density at radius 3 is 2.90 bits per heavy atom. The molecule has 4 nitrogen and oxygen atoms in total. The van der Waals surface area contributed by atoms with Gasteiger partial charge in [0.15, 0.2) is 0 Å². The lowest BCUT2D eigenvalue weighted by atomic mass is 9.84. The first kappa shape index (κ1) is 14.7. The first-order valence-electron chi connectivity index (χ1n) is 7.61. The number of benzene rings is 1. The molecule has 2 fully saturated rings. The number of carbonyl (C=O) groups excluding carboxylic acids is 1. The van der Waals surface area contributed by atoms with E-state index >= 15 is 0 Å². The van der Waals surface area contributed by atoms with E-state index in [2.05, 4.69) is 11.9 Å². The molecule has 114 valence electrons. The lowest BCUT2D eigenvalue weighted by Crippen LogP contribution is -2.53. The quantitative estimate of drug-likeness (QED) is 0.811. The van der Waals surface area contributed by atoms with Crippen LogP contribution in [-0.2, 0) is 0 Å². The molecule has 2 saturated heterocycles. The Balaban J connectivity index is 1.74. The first-order valence-corrected chi connectivity index (χ1v) is 7.98. The molecule has 1 aromatic rings. The van der Waals surface area contributed by atoms with Crippen LogP contribution in [0.4, 0.5) is 5.69 Å². The average molecular weight is 308 g/mol. The Hall–Kier alpha value is -1.26. The number of halogens is 1. The Morgan fingerprint density at radius 1 is 1.33 bits per heavy atom. The van der Waals surface area contributed by atoms with E-state index in [0.29, 0.717) is 28.2 Å². The number of nitrogens with two attached hydrogens (primary N) is 1. The summed E-state index contributed by atoms with van der Waals surface area (Å²) >= 11 is 5.90. The molecule has 0 saturated carbocycles. The molecule has 0 radical (unpaired) electrons. The number of piperidine rings is 2. The SMILES string of the molecule is CN1CCCC2CN(C(=O)c3ccc(Cl)cc3N)CCC21. The summed E-state index contributed by atoms with van der Waals surface area (Å²) in [6.45, 7) is 2.83. The van der Waals surface area contributed by atoms with Crippen molar-refractivity contribution in [2.45, 2.75) is 25.3 Å². The Labute approximate surface area is 130 Å². The van der Waals surface area contributed by atoms with Crippen molar-refractivity contribution in [1.29, 1.82) is 0 Å². The van der Waals surface area contributed by atoms with Crippen LogP contribution >= 0.6 is 11.6 Å². The predicted octanol–water partition coefficient (Wildman–Crippen LogP) is 2.48. The highest BCUT2D eigenvalue weighted by Crippen LogP contribution is 2.31. The minimum absolute atomic E-state index is 0.0378. The highest BCUT2D eigenvalue weighted by atomic mass is 35.5. The molecular formula is C16H22ClN3O. The van der Waals surface area contributed by atoms with Gasteiger partial charge in [-0.05, 0) is 57.0 Å². The summed E-state index contributed by atoms with van der Waals surface area (Å²) in [5.74, 6) is 0.630. The lowest BCUT2D eigenvalue weighted by Gasteiger charge is -2.46. The smallest absolute Gasteiger partial charge is 0.255 e. The van der Waals surface area contributed by atoms with Gasteiger partial charge < -0.3 is 15.5 Å². The maximum Gasteiger partial charge on any atom is 0.255 e.